The minimum absolute atomic E-state index is 0.157. The van der Waals surface area contributed by atoms with Crippen LogP contribution >= 0.6 is 11.6 Å². The van der Waals surface area contributed by atoms with Gasteiger partial charge in [0, 0.05) is 23.8 Å². The van der Waals surface area contributed by atoms with Crippen molar-refractivity contribution in [1.82, 2.24) is 4.90 Å². The van der Waals surface area contributed by atoms with Gasteiger partial charge in [-0.3, -0.25) is 0 Å². The van der Waals surface area contributed by atoms with Crippen molar-refractivity contribution < 1.29 is 9.53 Å². The third-order valence-electron chi connectivity index (χ3n) is 4.05. The Hall–Kier alpha value is -1.26. The van der Waals surface area contributed by atoms with Crippen LogP contribution in [0.4, 0.5) is 5.69 Å². The molecule has 1 N–H and O–H groups in total. The summed E-state index contributed by atoms with van der Waals surface area (Å²) in [5.41, 5.74) is 0.271. The fourth-order valence-electron chi connectivity index (χ4n) is 2.71. The molecule has 21 heavy (non-hydrogen) atoms. The Balaban J connectivity index is 2.16. The molecule has 5 heteroatoms. The minimum atomic E-state index is -0.629. The van der Waals surface area contributed by atoms with Crippen LogP contribution in [0.2, 0.25) is 5.02 Å². The Kier molecular flexibility index (Phi) is 5.48. The van der Waals surface area contributed by atoms with E-state index >= 15 is 0 Å². The number of carbonyl (C=O) groups is 1. The van der Waals surface area contributed by atoms with Crippen LogP contribution in [-0.2, 0) is 9.53 Å². The van der Waals surface area contributed by atoms with Gasteiger partial charge >= 0.3 is 5.97 Å². The Morgan fingerprint density at radius 1 is 1.29 bits per heavy atom. The van der Waals surface area contributed by atoms with Crippen molar-refractivity contribution in [2.45, 2.75) is 32.2 Å². The number of rotatable bonds is 5. The van der Waals surface area contributed by atoms with E-state index < -0.39 is 5.54 Å². The molecule has 116 valence electrons. The summed E-state index contributed by atoms with van der Waals surface area (Å²) < 4.78 is 5.30. The summed E-state index contributed by atoms with van der Waals surface area (Å²) in [6.07, 6.45) is 1.50. The number of ether oxygens (including phenoxy) is 1. The molecule has 0 saturated carbocycles. The smallest absolute Gasteiger partial charge is 0.331 e. The third-order valence-corrected chi connectivity index (χ3v) is 4.30. The standard InChI is InChI=1S/C16H23ClN2O2/c1-3-19-11-9-16(10-12-19,15(20)21-4-2)18-14-7-5-13(17)6-8-14/h5-8,18H,3-4,9-12H2,1-2H3. The maximum atomic E-state index is 12.5. The molecule has 1 aromatic rings. The largest absolute Gasteiger partial charge is 0.464 e. The van der Waals surface area contributed by atoms with Crippen molar-refractivity contribution in [3.8, 4) is 0 Å². The first-order chi connectivity index (χ1) is 10.1. The van der Waals surface area contributed by atoms with Gasteiger partial charge in [-0.25, -0.2) is 4.79 Å². The second-order valence-corrected chi connectivity index (χ2v) is 5.81. The van der Waals surface area contributed by atoms with Crippen molar-refractivity contribution >= 4 is 23.3 Å². The number of anilines is 1. The Bertz CT molecular complexity index is 468. The van der Waals surface area contributed by atoms with Crippen molar-refractivity contribution in [2.75, 3.05) is 31.6 Å². The molecule has 0 atom stereocenters. The summed E-state index contributed by atoms with van der Waals surface area (Å²) in [7, 11) is 0. The zero-order chi connectivity index (χ0) is 15.3. The molecule has 0 spiro atoms. The van der Waals surface area contributed by atoms with Crippen LogP contribution in [0.15, 0.2) is 24.3 Å². The Morgan fingerprint density at radius 3 is 2.43 bits per heavy atom. The van der Waals surface area contributed by atoms with Crippen LogP contribution in [-0.4, -0.2) is 42.6 Å². The van der Waals surface area contributed by atoms with Crippen LogP contribution in [0.25, 0.3) is 0 Å². The molecule has 0 aliphatic carbocycles. The van der Waals surface area contributed by atoms with Gasteiger partial charge in [-0.1, -0.05) is 18.5 Å². The maximum absolute atomic E-state index is 12.5. The number of piperidine rings is 1. The fraction of sp³-hybridized carbons (Fsp3) is 0.562. The lowest BCUT2D eigenvalue weighted by Gasteiger charge is -2.40. The van der Waals surface area contributed by atoms with Crippen LogP contribution in [0, 0.1) is 0 Å². The SMILES string of the molecule is CCOC(=O)C1(Nc2ccc(Cl)cc2)CCN(CC)CC1. The molecule has 1 saturated heterocycles. The van der Waals surface area contributed by atoms with Crippen molar-refractivity contribution in [3.05, 3.63) is 29.3 Å². The molecule has 0 amide bonds. The lowest BCUT2D eigenvalue weighted by atomic mass is 9.87. The van der Waals surface area contributed by atoms with E-state index in [1.165, 1.54) is 0 Å². The first-order valence-electron chi connectivity index (χ1n) is 7.53. The quantitative estimate of drug-likeness (QED) is 0.848. The lowest BCUT2D eigenvalue weighted by Crippen LogP contribution is -2.55. The van der Waals surface area contributed by atoms with E-state index in [4.69, 9.17) is 16.3 Å². The Morgan fingerprint density at radius 2 is 1.90 bits per heavy atom. The second-order valence-electron chi connectivity index (χ2n) is 5.37. The highest BCUT2D eigenvalue weighted by atomic mass is 35.5. The van der Waals surface area contributed by atoms with E-state index in [0.717, 1.165) is 38.2 Å². The number of carbonyl (C=O) groups excluding carboxylic acids is 1. The van der Waals surface area contributed by atoms with Crippen LogP contribution in [0.1, 0.15) is 26.7 Å². The molecular formula is C16H23ClN2O2. The fourth-order valence-corrected chi connectivity index (χ4v) is 2.84. The molecule has 1 heterocycles. The van der Waals surface area contributed by atoms with E-state index in [2.05, 4.69) is 17.1 Å². The third kappa shape index (κ3) is 3.89. The number of nitrogens with zero attached hydrogens (tertiary/aromatic N) is 1. The van der Waals surface area contributed by atoms with Crippen molar-refractivity contribution in [2.24, 2.45) is 0 Å². The summed E-state index contributed by atoms with van der Waals surface area (Å²) in [4.78, 5) is 14.8. The van der Waals surface area contributed by atoms with Gasteiger partial charge in [0.05, 0.1) is 6.61 Å². The van der Waals surface area contributed by atoms with Crippen LogP contribution in [0.5, 0.6) is 0 Å². The predicted octanol–water partition coefficient (Wildman–Crippen LogP) is 3.17. The highest BCUT2D eigenvalue weighted by molar-refractivity contribution is 6.30. The molecule has 1 aromatic carbocycles. The molecule has 0 radical (unpaired) electrons. The highest BCUT2D eigenvalue weighted by Crippen LogP contribution is 2.29. The number of hydrogen-bond donors (Lipinski definition) is 1. The van der Waals surface area contributed by atoms with Crippen molar-refractivity contribution in [1.29, 1.82) is 0 Å². The molecule has 0 bridgehead atoms. The van der Waals surface area contributed by atoms with Gasteiger partial charge in [-0.05, 0) is 50.6 Å². The van der Waals surface area contributed by atoms with Gasteiger partial charge in [0.1, 0.15) is 5.54 Å². The first kappa shape index (κ1) is 16.1. The van der Waals surface area contributed by atoms with Gasteiger partial charge in [0.2, 0.25) is 0 Å². The lowest BCUT2D eigenvalue weighted by molar-refractivity contribution is -0.150. The molecule has 0 aromatic heterocycles. The zero-order valence-corrected chi connectivity index (χ0v) is 13.4. The number of esters is 1. The maximum Gasteiger partial charge on any atom is 0.331 e. The normalized spacial score (nSPS) is 18.2. The molecule has 1 fully saturated rings. The minimum Gasteiger partial charge on any atom is -0.464 e. The van der Waals surface area contributed by atoms with Crippen LogP contribution in [0.3, 0.4) is 0 Å². The van der Waals surface area contributed by atoms with Gasteiger partial charge < -0.3 is 15.0 Å². The summed E-state index contributed by atoms with van der Waals surface area (Å²) in [5.74, 6) is -0.157. The summed E-state index contributed by atoms with van der Waals surface area (Å²) in [6, 6.07) is 7.44. The Labute approximate surface area is 131 Å². The number of benzene rings is 1. The van der Waals surface area contributed by atoms with E-state index in [0.29, 0.717) is 11.6 Å². The number of halogens is 1. The molecular weight excluding hydrogens is 288 g/mol. The molecule has 0 unspecified atom stereocenters. The van der Waals surface area contributed by atoms with Gasteiger partial charge in [-0.15, -0.1) is 0 Å². The highest BCUT2D eigenvalue weighted by Gasteiger charge is 2.42. The van der Waals surface area contributed by atoms with E-state index in [1.54, 1.807) is 0 Å². The topological polar surface area (TPSA) is 41.6 Å². The van der Waals surface area contributed by atoms with E-state index in [-0.39, 0.29) is 5.97 Å². The van der Waals surface area contributed by atoms with Gasteiger partial charge in [-0.2, -0.15) is 0 Å². The zero-order valence-electron chi connectivity index (χ0n) is 12.7. The van der Waals surface area contributed by atoms with Crippen LogP contribution < -0.4 is 5.32 Å². The average molecular weight is 311 g/mol. The summed E-state index contributed by atoms with van der Waals surface area (Å²) >= 11 is 5.91. The van der Waals surface area contributed by atoms with E-state index in [1.807, 2.05) is 31.2 Å². The van der Waals surface area contributed by atoms with Gasteiger partial charge in [0.25, 0.3) is 0 Å². The summed E-state index contributed by atoms with van der Waals surface area (Å²) in [5, 5.41) is 4.08. The molecule has 1 aliphatic heterocycles. The van der Waals surface area contributed by atoms with Crippen molar-refractivity contribution in [3.63, 3.8) is 0 Å². The number of nitrogens with one attached hydrogen (secondary N) is 1. The second kappa shape index (κ2) is 7.14. The number of likely N-dealkylation sites (tertiary alicyclic amines) is 1. The monoisotopic (exact) mass is 310 g/mol. The molecule has 4 nitrogen and oxygen atoms in total. The first-order valence-corrected chi connectivity index (χ1v) is 7.91. The van der Waals surface area contributed by atoms with E-state index in [9.17, 15) is 4.79 Å². The summed E-state index contributed by atoms with van der Waals surface area (Å²) in [6.45, 7) is 7.20. The molecule has 2 rings (SSSR count). The number of hydrogen-bond acceptors (Lipinski definition) is 4. The van der Waals surface area contributed by atoms with Gasteiger partial charge in [0.15, 0.2) is 0 Å². The predicted molar refractivity (Wildman–Crippen MR) is 85.8 cm³/mol. The average Bonchev–Trinajstić information content (AvgIpc) is 2.50. The molecule has 1 aliphatic rings.